The van der Waals surface area contributed by atoms with Gasteiger partial charge in [-0.15, -0.1) is 0 Å². The highest BCUT2D eigenvalue weighted by Crippen LogP contribution is 2.26. The van der Waals surface area contributed by atoms with Crippen LogP contribution in [0.25, 0.3) is 39.9 Å². The Morgan fingerprint density at radius 3 is 1.90 bits per heavy atom. The number of carbonyl (C=O) groups excluding carboxylic acids is 2. The quantitative estimate of drug-likeness (QED) is 0.177. The number of imidazole rings is 2. The monoisotopic (exact) mass is 550 g/mol. The van der Waals surface area contributed by atoms with Gasteiger partial charge in [-0.1, -0.05) is 42.5 Å². The number of hydrogen-bond acceptors (Lipinski definition) is 4. The lowest BCUT2D eigenvalue weighted by Gasteiger charge is -2.09. The number of amides is 2. The Morgan fingerprint density at radius 2 is 1.29 bits per heavy atom. The highest BCUT2D eigenvalue weighted by molar-refractivity contribution is 6.07. The van der Waals surface area contributed by atoms with Crippen LogP contribution in [-0.2, 0) is 6.42 Å². The molecule has 4 aromatic carbocycles. The molecule has 0 radical (unpaired) electrons. The molecule has 4 N–H and O–H groups in total. The summed E-state index contributed by atoms with van der Waals surface area (Å²) in [5.41, 5.74) is 7.89. The standard InChI is InChI=1S/C34H26N6O2/c41-33(35-25-9-5-7-23(19-25)31-37-27-11-1-2-12-28(27)38-31)21-15-17-22(18-16-21)34(42)36-26-10-6-8-24(20-26)32-39-29-13-3-4-14-30(29)40-32/h1-3,5-13,15-20H,4,14H2,(H,35,41)(H,36,42)(H,37,38)(H,39,40). The Bertz CT molecular complexity index is 1950. The van der Waals surface area contributed by atoms with Crippen LogP contribution < -0.4 is 10.6 Å². The van der Waals surface area contributed by atoms with Crippen molar-refractivity contribution in [3.8, 4) is 22.8 Å². The van der Waals surface area contributed by atoms with E-state index in [4.69, 9.17) is 4.98 Å². The molecule has 0 bridgehead atoms. The van der Waals surface area contributed by atoms with Crippen LogP contribution in [0.4, 0.5) is 11.4 Å². The number of H-pyrrole nitrogens is 2. The summed E-state index contributed by atoms with van der Waals surface area (Å²) in [4.78, 5) is 42.0. The molecule has 0 atom stereocenters. The molecule has 0 spiro atoms. The summed E-state index contributed by atoms with van der Waals surface area (Å²) < 4.78 is 0. The molecule has 7 rings (SSSR count). The van der Waals surface area contributed by atoms with Gasteiger partial charge in [0.2, 0.25) is 0 Å². The van der Waals surface area contributed by atoms with Gasteiger partial charge in [-0.3, -0.25) is 9.59 Å². The van der Waals surface area contributed by atoms with Gasteiger partial charge >= 0.3 is 0 Å². The van der Waals surface area contributed by atoms with Gasteiger partial charge in [0.25, 0.3) is 11.8 Å². The fourth-order valence-electron chi connectivity index (χ4n) is 5.07. The number of para-hydroxylation sites is 2. The molecule has 2 aromatic heterocycles. The Morgan fingerprint density at radius 1 is 0.667 bits per heavy atom. The smallest absolute Gasteiger partial charge is 0.255 e. The van der Waals surface area contributed by atoms with E-state index in [0.717, 1.165) is 58.0 Å². The SMILES string of the molecule is O=C(Nc1cccc(-c2nc3c([nH]2)C=CCC3)c1)c1ccc(C(=O)Nc2cccc(-c3nc4ccccc4[nH]3)c2)cc1. The number of rotatable bonds is 6. The number of fused-ring (bicyclic) bond motifs is 2. The zero-order valence-corrected chi connectivity index (χ0v) is 22.5. The third kappa shape index (κ3) is 5.09. The van der Waals surface area contributed by atoms with E-state index in [9.17, 15) is 9.59 Å². The number of nitrogens with zero attached hydrogens (tertiary/aromatic N) is 2. The lowest BCUT2D eigenvalue weighted by molar-refractivity contribution is 0.101. The summed E-state index contributed by atoms with van der Waals surface area (Å²) >= 11 is 0. The van der Waals surface area contributed by atoms with Crippen LogP contribution in [0.3, 0.4) is 0 Å². The van der Waals surface area contributed by atoms with Crippen molar-refractivity contribution in [1.82, 2.24) is 19.9 Å². The molecule has 204 valence electrons. The average Bonchev–Trinajstić information content (AvgIpc) is 3.66. The summed E-state index contributed by atoms with van der Waals surface area (Å²) in [5, 5.41) is 5.88. The maximum Gasteiger partial charge on any atom is 0.255 e. The van der Waals surface area contributed by atoms with Crippen LogP contribution in [0, 0.1) is 0 Å². The zero-order valence-electron chi connectivity index (χ0n) is 22.5. The molecule has 0 unspecified atom stereocenters. The van der Waals surface area contributed by atoms with Gasteiger partial charge in [0.15, 0.2) is 0 Å². The topological polar surface area (TPSA) is 116 Å². The first-order valence-electron chi connectivity index (χ1n) is 13.7. The van der Waals surface area contributed by atoms with Crippen molar-refractivity contribution in [3.05, 3.63) is 126 Å². The first kappa shape index (κ1) is 25.2. The number of carbonyl (C=O) groups is 2. The van der Waals surface area contributed by atoms with E-state index in [-0.39, 0.29) is 11.8 Å². The van der Waals surface area contributed by atoms with E-state index in [1.54, 1.807) is 24.3 Å². The Labute approximate surface area is 241 Å². The van der Waals surface area contributed by atoms with Crippen LogP contribution in [-0.4, -0.2) is 31.8 Å². The number of benzene rings is 4. The Hall–Kier alpha value is -5.76. The van der Waals surface area contributed by atoms with Crippen LogP contribution in [0.5, 0.6) is 0 Å². The number of allylic oxidation sites excluding steroid dienone is 1. The van der Waals surface area contributed by atoms with E-state index in [1.807, 2.05) is 72.8 Å². The van der Waals surface area contributed by atoms with Crippen LogP contribution in [0.2, 0.25) is 0 Å². The Kier molecular flexibility index (Phi) is 6.41. The number of aryl methyl sites for hydroxylation is 1. The lowest BCUT2D eigenvalue weighted by atomic mass is 10.1. The summed E-state index contributed by atoms with van der Waals surface area (Å²) in [7, 11) is 0. The molecule has 0 saturated heterocycles. The predicted molar refractivity (Wildman–Crippen MR) is 165 cm³/mol. The molecule has 2 heterocycles. The fraction of sp³-hybridized carbons (Fsp3) is 0.0588. The third-order valence-electron chi connectivity index (χ3n) is 7.23. The van der Waals surface area contributed by atoms with Crippen molar-refractivity contribution in [2.45, 2.75) is 12.8 Å². The molecule has 42 heavy (non-hydrogen) atoms. The van der Waals surface area contributed by atoms with Crippen molar-refractivity contribution in [2.24, 2.45) is 0 Å². The summed E-state index contributed by atoms with van der Waals surface area (Å²) in [6.45, 7) is 0. The lowest BCUT2D eigenvalue weighted by Crippen LogP contribution is -2.14. The summed E-state index contributed by atoms with van der Waals surface area (Å²) in [5.74, 6) is 0.974. The molecule has 8 nitrogen and oxygen atoms in total. The number of anilines is 2. The molecule has 6 aromatic rings. The molecule has 0 fully saturated rings. The van der Waals surface area contributed by atoms with Gasteiger partial charge in [0.05, 0.1) is 22.4 Å². The highest BCUT2D eigenvalue weighted by atomic mass is 16.2. The van der Waals surface area contributed by atoms with Gasteiger partial charge in [0, 0.05) is 33.6 Å². The first-order valence-corrected chi connectivity index (χ1v) is 13.7. The molecule has 0 saturated carbocycles. The van der Waals surface area contributed by atoms with E-state index in [1.165, 1.54) is 0 Å². The summed E-state index contributed by atoms with van der Waals surface area (Å²) in [6, 6.07) is 29.5. The van der Waals surface area contributed by atoms with Crippen molar-refractivity contribution in [3.63, 3.8) is 0 Å². The minimum Gasteiger partial charge on any atom is -0.338 e. The maximum absolute atomic E-state index is 13.0. The normalized spacial score (nSPS) is 12.2. The maximum atomic E-state index is 13.0. The van der Waals surface area contributed by atoms with Gasteiger partial charge in [-0.2, -0.15) is 0 Å². The average molecular weight is 551 g/mol. The molecule has 0 aliphatic heterocycles. The number of hydrogen-bond donors (Lipinski definition) is 4. The van der Waals surface area contributed by atoms with Gasteiger partial charge in [-0.25, -0.2) is 9.97 Å². The molecule has 2 amide bonds. The Balaban J connectivity index is 1.02. The van der Waals surface area contributed by atoms with Crippen molar-refractivity contribution in [2.75, 3.05) is 10.6 Å². The fourth-order valence-corrected chi connectivity index (χ4v) is 5.07. The van der Waals surface area contributed by atoms with E-state index < -0.39 is 0 Å². The second-order valence-corrected chi connectivity index (χ2v) is 10.1. The van der Waals surface area contributed by atoms with E-state index in [0.29, 0.717) is 22.5 Å². The summed E-state index contributed by atoms with van der Waals surface area (Å²) in [6.07, 6.45) is 6.11. The molecular weight excluding hydrogens is 524 g/mol. The van der Waals surface area contributed by atoms with Crippen molar-refractivity contribution >= 4 is 40.3 Å². The van der Waals surface area contributed by atoms with Crippen molar-refractivity contribution < 1.29 is 9.59 Å². The molecule has 1 aliphatic carbocycles. The third-order valence-corrected chi connectivity index (χ3v) is 7.23. The minimum atomic E-state index is -0.271. The molecular formula is C34H26N6O2. The van der Waals surface area contributed by atoms with Crippen molar-refractivity contribution in [1.29, 1.82) is 0 Å². The van der Waals surface area contributed by atoms with Crippen LogP contribution in [0.1, 0.15) is 38.5 Å². The zero-order chi connectivity index (χ0) is 28.5. The van der Waals surface area contributed by atoms with Gasteiger partial charge < -0.3 is 20.6 Å². The second-order valence-electron chi connectivity index (χ2n) is 10.1. The largest absolute Gasteiger partial charge is 0.338 e. The van der Waals surface area contributed by atoms with Crippen LogP contribution in [0.15, 0.2) is 103 Å². The number of nitrogens with one attached hydrogen (secondary N) is 4. The van der Waals surface area contributed by atoms with E-state index in [2.05, 4.69) is 37.7 Å². The van der Waals surface area contributed by atoms with E-state index >= 15 is 0 Å². The first-order chi connectivity index (χ1) is 20.6. The molecule has 8 heteroatoms. The van der Waals surface area contributed by atoms with Crippen LogP contribution >= 0.6 is 0 Å². The molecule has 1 aliphatic rings. The number of aromatic amines is 2. The predicted octanol–water partition coefficient (Wildman–Crippen LogP) is 7.08. The van der Waals surface area contributed by atoms with Gasteiger partial charge in [-0.05, 0) is 79.6 Å². The minimum absolute atomic E-state index is 0.265. The second kappa shape index (κ2) is 10.7. The number of aromatic nitrogens is 4. The highest BCUT2D eigenvalue weighted by Gasteiger charge is 2.14. The van der Waals surface area contributed by atoms with Gasteiger partial charge in [0.1, 0.15) is 11.6 Å².